The molecule has 1 aromatic heterocycles. The van der Waals surface area contributed by atoms with Crippen molar-refractivity contribution < 1.29 is 4.42 Å². The number of aromatic nitrogens is 1. The maximum absolute atomic E-state index is 6.17. The third-order valence-electron chi connectivity index (χ3n) is 3.24. The van der Waals surface area contributed by atoms with Crippen molar-refractivity contribution in [2.24, 2.45) is 0 Å². The lowest BCUT2D eigenvalue weighted by molar-refractivity contribution is 0.617. The molecule has 0 saturated heterocycles. The molecule has 0 atom stereocenters. The summed E-state index contributed by atoms with van der Waals surface area (Å²) >= 11 is 12.2. The minimum Gasteiger partial charge on any atom is -0.436 e. The van der Waals surface area contributed by atoms with Crippen molar-refractivity contribution in [3.8, 4) is 11.5 Å². The van der Waals surface area contributed by atoms with Gasteiger partial charge in [0.2, 0.25) is 5.89 Å². The van der Waals surface area contributed by atoms with Crippen molar-refractivity contribution in [1.82, 2.24) is 4.98 Å². The second kappa shape index (κ2) is 4.55. The molecule has 4 heteroatoms. The van der Waals surface area contributed by atoms with Gasteiger partial charge in [-0.1, -0.05) is 29.3 Å². The van der Waals surface area contributed by atoms with Crippen LogP contribution in [0.25, 0.3) is 22.6 Å². The number of nitrogens with zero attached hydrogens (tertiary/aromatic N) is 1. The summed E-state index contributed by atoms with van der Waals surface area (Å²) in [5.74, 6) is 0.496. The van der Waals surface area contributed by atoms with Gasteiger partial charge >= 0.3 is 0 Å². The fourth-order valence-electron chi connectivity index (χ4n) is 2.00. The third-order valence-corrected chi connectivity index (χ3v) is 3.80. The Labute approximate surface area is 121 Å². The molecule has 2 nitrogen and oxygen atoms in total. The molecule has 0 spiro atoms. The number of hydrogen-bond donors (Lipinski definition) is 0. The van der Waals surface area contributed by atoms with E-state index in [0.717, 1.165) is 16.7 Å². The Kier molecular flexibility index (Phi) is 3.00. The van der Waals surface area contributed by atoms with Gasteiger partial charge in [-0.3, -0.25) is 0 Å². The number of benzene rings is 2. The first-order valence-corrected chi connectivity index (χ1v) is 6.64. The van der Waals surface area contributed by atoms with Gasteiger partial charge in [-0.25, -0.2) is 4.98 Å². The first kappa shape index (κ1) is 12.5. The zero-order valence-corrected chi connectivity index (χ0v) is 12.0. The molecular weight excluding hydrogens is 281 g/mol. The Bertz CT molecular complexity index is 777. The molecule has 0 aliphatic carbocycles. The molecule has 0 amide bonds. The standard InChI is InChI=1S/C15H11Cl2NO/c1-8-3-6-13-14(9(8)2)19-15(18-13)11-7-10(16)4-5-12(11)17/h3-7H,1-2H3. The lowest BCUT2D eigenvalue weighted by atomic mass is 10.1. The van der Waals surface area contributed by atoms with Crippen LogP contribution in [0.4, 0.5) is 0 Å². The molecule has 0 N–H and O–H groups in total. The first-order valence-electron chi connectivity index (χ1n) is 5.88. The molecular formula is C15H11Cl2NO. The van der Waals surface area contributed by atoms with Crippen LogP contribution in [-0.4, -0.2) is 4.98 Å². The molecule has 0 saturated carbocycles. The number of fused-ring (bicyclic) bond motifs is 1. The summed E-state index contributed by atoms with van der Waals surface area (Å²) in [6.07, 6.45) is 0. The van der Waals surface area contributed by atoms with Crippen molar-refractivity contribution in [3.05, 3.63) is 51.5 Å². The molecule has 0 unspecified atom stereocenters. The van der Waals surface area contributed by atoms with E-state index in [-0.39, 0.29) is 0 Å². The highest BCUT2D eigenvalue weighted by Gasteiger charge is 2.14. The van der Waals surface area contributed by atoms with E-state index in [9.17, 15) is 0 Å². The van der Waals surface area contributed by atoms with E-state index < -0.39 is 0 Å². The molecule has 19 heavy (non-hydrogen) atoms. The second-order valence-electron chi connectivity index (χ2n) is 4.50. The normalized spacial score (nSPS) is 11.2. The van der Waals surface area contributed by atoms with Crippen molar-refractivity contribution in [3.63, 3.8) is 0 Å². The topological polar surface area (TPSA) is 26.0 Å². The monoisotopic (exact) mass is 291 g/mol. The number of halogens is 2. The van der Waals surface area contributed by atoms with Gasteiger partial charge in [-0.05, 0) is 49.2 Å². The van der Waals surface area contributed by atoms with Crippen LogP contribution in [0.3, 0.4) is 0 Å². The van der Waals surface area contributed by atoms with E-state index in [2.05, 4.69) is 4.98 Å². The number of hydrogen-bond acceptors (Lipinski definition) is 2. The summed E-state index contributed by atoms with van der Waals surface area (Å²) in [4.78, 5) is 4.48. The summed E-state index contributed by atoms with van der Waals surface area (Å²) in [6, 6.07) is 9.22. The fourth-order valence-corrected chi connectivity index (χ4v) is 2.37. The van der Waals surface area contributed by atoms with Gasteiger partial charge < -0.3 is 4.42 Å². The van der Waals surface area contributed by atoms with Crippen LogP contribution >= 0.6 is 23.2 Å². The number of rotatable bonds is 1. The van der Waals surface area contributed by atoms with Gasteiger partial charge in [0.1, 0.15) is 5.52 Å². The maximum atomic E-state index is 6.17. The van der Waals surface area contributed by atoms with E-state index in [1.807, 2.05) is 26.0 Å². The smallest absolute Gasteiger partial charge is 0.228 e. The Morgan fingerprint density at radius 2 is 1.84 bits per heavy atom. The lowest BCUT2D eigenvalue weighted by Gasteiger charge is -2.00. The maximum Gasteiger partial charge on any atom is 0.228 e. The highest BCUT2D eigenvalue weighted by atomic mass is 35.5. The van der Waals surface area contributed by atoms with Gasteiger partial charge in [-0.15, -0.1) is 0 Å². The fraction of sp³-hybridized carbons (Fsp3) is 0.133. The largest absolute Gasteiger partial charge is 0.436 e. The average molecular weight is 292 g/mol. The quantitative estimate of drug-likeness (QED) is 0.598. The molecule has 3 aromatic rings. The first-order chi connectivity index (χ1) is 9.06. The summed E-state index contributed by atoms with van der Waals surface area (Å²) in [6.45, 7) is 4.07. The van der Waals surface area contributed by atoms with Crippen LogP contribution in [0.2, 0.25) is 10.0 Å². The zero-order chi connectivity index (χ0) is 13.6. The third kappa shape index (κ3) is 2.11. The lowest BCUT2D eigenvalue weighted by Crippen LogP contribution is -1.80. The molecule has 0 bridgehead atoms. The SMILES string of the molecule is Cc1ccc2nc(-c3cc(Cl)ccc3Cl)oc2c1C. The van der Waals surface area contributed by atoms with Crippen LogP contribution in [0.15, 0.2) is 34.7 Å². The number of aryl methyl sites for hydroxylation is 2. The van der Waals surface area contributed by atoms with E-state index >= 15 is 0 Å². The van der Waals surface area contributed by atoms with Crippen LogP contribution in [0.5, 0.6) is 0 Å². The molecule has 0 aliphatic heterocycles. The van der Waals surface area contributed by atoms with Gasteiger partial charge in [0.25, 0.3) is 0 Å². The highest BCUT2D eigenvalue weighted by Crippen LogP contribution is 2.33. The van der Waals surface area contributed by atoms with E-state index in [0.29, 0.717) is 21.5 Å². The molecule has 1 heterocycles. The molecule has 0 aliphatic rings. The van der Waals surface area contributed by atoms with Crippen molar-refractivity contribution in [2.75, 3.05) is 0 Å². The predicted octanol–water partition coefficient (Wildman–Crippen LogP) is 5.42. The predicted molar refractivity (Wildman–Crippen MR) is 78.9 cm³/mol. The molecule has 0 fully saturated rings. The van der Waals surface area contributed by atoms with Crippen molar-refractivity contribution >= 4 is 34.3 Å². The second-order valence-corrected chi connectivity index (χ2v) is 5.34. The van der Waals surface area contributed by atoms with E-state index in [1.54, 1.807) is 18.2 Å². The Hall–Kier alpha value is -1.51. The van der Waals surface area contributed by atoms with Crippen LogP contribution in [-0.2, 0) is 0 Å². The summed E-state index contributed by atoms with van der Waals surface area (Å²) in [5, 5.41) is 1.18. The van der Waals surface area contributed by atoms with Crippen molar-refractivity contribution in [2.45, 2.75) is 13.8 Å². The highest BCUT2D eigenvalue weighted by molar-refractivity contribution is 6.35. The molecule has 3 rings (SSSR count). The molecule has 2 aromatic carbocycles. The van der Waals surface area contributed by atoms with Gasteiger partial charge in [-0.2, -0.15) is 0 Å². The number of oxazole rings is 1. The van der Waals surface area contributed by atoms with E-state index in [4.69, 9.17) is 27.6 Å². The summed E-state index contributed by atoms with van der Waals surface area (Å²) in [7, 11) is 0. The Morgan fingerprint density at radius 3 is 2.63 bits per heavy atom. The Balaban J connectivity index is 2.26. The van der Waals surface area contributed by atoms with Gasteiger partial charge in [0.15, 0.2) is 5.58 Å². The summed E-state index contributed by atoms with van der Waals surface area (Å²) < 4.78 is 5.85. The van der Waals surface area contributed by atoms with Crippen LogP contribution in [0.1, 0.15) is 11.1 Å². The molecule has 0 radical (unpaired) electrons. The average Bonchev–Trinajstić information content (AvgIpc) is 2.81. The zero-order valence-electron chi connectivity index (χ0n) is 10.5. The Morgan fingerprint density at radius 1 is 1.05 bits per heavy atom. The van der Waals surface area contributed by atoms with Crippen molar-refractivity contribution in [1.29, 1.82) is 0 Å². The van der Waals surface area contributed by atoms with E-state index in [1.165, 1.54) is 5.56 Å². The van der Waals surface area contributed by atoms with Crippen LogP contribution in [0, 0.1) is 13.8 Å². The molecule has 96 valence electrons. The minimum atomic E-state index is 0.496. The summed E-state index contributed by atoms with van der Waals surface area (Å²) in [5.41, 5.74) is 4.60. The van der Waals surface area contributed by atoms with Crippen LogP contribution < -0.4 is 0 Å². The van der Waals surface area contributed by atoms with Gasteiger partial charge in [0.05, 0.1) is 10.6 Å². The minimum absolute atomic E-state index is 0.496. The van der Waals surface area contributed by atoms with Gasteiger partial charge in [0, 0.05) is 5.02 Å².